The Bertz CT molecular complexity index is 414. The second-order valence-corrected chi connectivity index (χ2v) is 4.29. The highest BCUT2D eigenvalue weighted by molar-refractivity contribution is 5.94. The lowest BCUT2D eigenvalue weighted by molar-refractivity contribution is -0.126. The summed E-state index contributed by atoms with van der Waals surface area (Å²) in [6.07, 6.45) is 0. The van der Waals surface area contributed by atoms with Crippen molar-refractivity contribution in [3.05, 3.63) is 29.8 Å². The van der Waals surface area contributed by atoms with E-state index in [0.29, 0.717) is 0 Å². The third-order valence-corrected chi connectivity index (χ3v) is 2.25. The van der Waals surface area contributed by atoms with Gasteiger partial charge < -0.3 is 10.6 Å². The third-order valence-electron chi connectivity index (χ3n) is 2.25. The van der Waals surface area contributed by atoms with Crippen LogP contribution in [0.15, 0.2) is 24.3 Å². The smallest absolute Gasteiger partial charge is 0.243 e. The molecule has 4 heteroatoms. The standard InChI is InChI=1S/C13H18N2O2/c1-9(2)13(17)14-8-12(16)15-11-6-4-5-10(3)7-11/h4-7,9H,8H2,1-3H3,(H,14,17)(H,15,16). The zero-order chi connectivity index (χ0) is 12.8. The maximum absolute atomic E-state index is 11.5. The van der Waals surface area contributed by atoms with Crippen molar-refractivity contribution in [1.82, 2.24) is 5.32 Å². The number of hydrogen-bond acceptors (Lipinski definition) is 2. The fraction of sp³-hybridized carbons (Fsp3) is 0.385. The van der Waals surface area contributed by atoms with E-state index in [1.807, 2.05) is 31.2 Å². The molecule has 0 saturated carbocycles. The van der Waals surface area contributed by atoms with E-state index < -0.39 is 0 Å². The molecular weight excluding hydrogens is 216 g/mol. The van der Waals surface area contributed by atoms with Crippen LogP contribution in [0.25, 0.3) is 0 Å². The Morgan fingerprint density at radius 3 is 2.59 bits per heavy atom. The van der Waals surface area contributed by atoms with Crippen molar-refractivity contribution in [2.75, 3.05) is 11.9 Å². The molecule has 2 amide bonds. The molecular formula is C13H18N2O2. The molecule has 0 atom stereocenters. The molecule has 1 rings (SSSR count). The van der Waals surface area contributed by atoms with E-state index in [9.17, 15) is 9.59 Å². The van der Waals surface area contributed by atoms with Crippen molar-refractivity contribution < 1.29 is 9.59 Å². The van der Waals surface area contributed by atoms with Gasteiger partial charge in [0, 0.05) is 11.6 Å². The van der Waals surface area contributed by atoms with Crippen molar-refractivity contribution in [3.63, 3.8) is 0 Å². The predicted molar refractivity (Wildman–Crippen MR) is 67.7 cm³/mol. The molecule has 0 aliphatic heterocycles. The lowest BCUT2D eigenvalue weighted by Crippen LogP contribution is -2.35. The van der Waals surface area contributed by atoms with E-state index in [2.05, 4.69) is 10.6 Å². The van der Waals surface area contributed by atoms with Crippen LogP contribution >= 0.6 is 0 Å². The molecule has 1 aromatic rings. The van der Waals surface area contributed by atoms with Crippen molar-refractivity contribution in [3.8, 4) is 0 Å². The second kappa shape index (κ2) is 6.03. The predicted octanol–water partition coefficient (Wildman–Crippen LogP) is 1.71. The van der Waals surface area contributed by atoms with Crippen molar-refractivity contribution in [2.24, 2.45) is 5.92 Å². The molecule has 0 heterocycles. The molecule has 2 N–H and O–H groups in total. The largest absolute Gasteiger partial charge is 0.347 e. The average molecular weight is 234 g/mol. The zero-order valence-corrected chi connectivity index (χ0v) is 10.4. The van der Waals surface area contributed by atoms with Gasteiger partial charge >= 0.3 is 0 Å². The summed E-state index contributed by atoms with van der Waals surface area (Å²) in [5.41, 5.74) is 1.82. The summed E-state index contributed by atoms with van der Waals surface area (Å²) in [6.45, 7) is 5.53. The zero-order valence-electron chi connectivity index (χ0n) is 10.4. The molecule has 0 aromatic heterocycles. The highest BCUT2D eigenvalue weighted by Crippen LogP contribution is 2.08. The van der Waals surface area contributed by atoms with Gasteiger partial charge in [0.25, 0.3) is 0 Å². The first kappa shape index (κ1) is 13.2. The van der Waals surface area contributed by atoms with Crippen molar-refractivity contribution in [1.29, 1.82) is 0 Å². The molecule has 0 fully saturated rings. The van der Waals surface area contributed by atoms with Crippen molar-refractivity contribution in [2.45, 2.75) is 20.8 Å². The Hall–Kier alpha value is -1.84. The molecule has 0 saturated heterocycles. The molecule has 4 nitrogen and oxygen atoms in total. The van der Waals surface area contributed by atoms with E-state index in [1.54, 1.807) is 13.8 Å². The Kier molecular flexibility index (Phi) is 4.69. The molecule has 0 aliphatic carbocycles. The summed E-state index contributed by atoms with van der Waals surface area (Å²) in [5, 5.41) is 5.29. The summed E-state index contributed by atoms with van der Waals surface area (Å²) < 4.78 is 0. The average Bonchev–Trinajstić information content (AvgIpc) is 2.25. The van der Waals surface area contributed by atoms with Gasteiger partial charge in [-0.1, -0.05) is 26.0 Å². The normalized spacial score (nSPS) is 10.1. The van der Waals surface area contributed by atoms with Crippen LogP contribution in [0, 0.1) is 12.8 Å². The first-order valence-corrected chi connectivity index (χ1v) is 5.63. The topological polar surface area (TPSA) is 58.2 Å². The molecule has 0 unspecified atom stereocenters. The summed E-state index contributed by atoms with van der Waals surface area (Å²) >= 11 is 0. The van der Waals surface area contributed by atoms with Gasteiger partial charge in [-0.05, 0) is 24.6 Å². The highest BCUT2D eigenvalue weighted by atomic mass is 16.2. The monoisotopic (exact) mass is 234 g/mol. The Morgan fingerprint density at radius 2 is 2.00 bits per heavy atom. The number of hydrogen-bond donors (Lipinski definition) is 2. The van der Waals surface area contributed by atoms with Crippen LogP contribution < -0.4 is 10.6 Å². The maximum atomic E-state index is 11.5. The van der Waals surface area contributed by atoms with Gasteiger partial charge in [-0.2, -0.15) is 0 Å². The van der Waals surface area contributed by atoms with Gasteiger partial charge in [0.05, 0.1) is 6.54 Å². The van der Waals surface area contributed by atoms with Crippen LogP contribution in [-0.2, 0) is 9.59 Å². The first-order valence-electron chi connectivity index (χ1n) is 5.63. The second-order valence-electron chi connectivity index (χ2n) is 4.29. The summed E-state index contributed by atoms with van der Waals surface area (Å²) in [7, 11) is 0. The molecule has 0 aliphatic rings. The lowest BCUT2D eigenvalue weighted by atomic mass is 10.2. The Morgan fingerprint density at radius 1 is 1.29 bits per heavy atom. The quantitative estimate of drug-likeness (QED) is 0.833. The van der Waals surface area contributed by atoms with E-state index in [0.717, 1.165) is 11.3 Å². The van der Waals surface area contributed by atoms with E-state index in [-0.39, 0.29) is 24.3 Å². The molecule has 0 spiro atoms. The highest BCUT2D eigenvalue weighted by Gasteiger charge is 2.08. The molecule has 1 aromatic carbocycles. The van der Waals surface area contributed by atoms with E-state index >= 15 is 0 Å². The third kappa shape index (κ3) is 4.68. The number of carbonyl (C=O) groups excluding carboxylic acids is 2. The summed E-state index contributed by atoms with van der Waals surface area (Å²) in [5.74, 6) is -0.448. The fourth-order valence-electron chi connectivity index (χ4n) is 1.30. The minimum absolute atomic E-state index is 0.00492. The number of anilines is 1. The molecule has 17 heavy (non-hydrogen) atoms. The van der Waals surface area contributed by atoms with Crippen LogP contribution in [0.5, 0.6) is 0 Å². The molecule has 0 bridgehead atoms. The number of carbonyl (C=O) groups is 2. The maximum Gasteiger partial charge on any atom is 0.243 e. The number of aryl methyl sites for hydroxylation is 1. The van der Waals surface area contributed by atoms with E-state index in [4.69, 9.17) is 0 Å². The summed E-state index contributed by atoms with van der Waals surface area (Å²) in [6, 6.07) is 7.52. The Balaban J connectivity index is 2.43. The number of rotatable bonds is 4. The number of benzene rings is 1. The Labute approximate surface area is 101 Å². The number of nitrogens with one attached hydrogen (secondary N) is 2. The SMILES string of the molecule is Cc1cccc(NC(=O)CNC(=O)C(C)C)c1. The first-order chi connectivity index (χ1) is 7.99. The lowest BCUT2D eigenvalue weighted by Gasteiger charge is -2.08. The number of amides is 2. The minimum Gasteiger partial charge on any atom is -0.347 e. The fourth-order valence-corrected chi connectivity index (χ4v) is 1.30. The van der Waals surface area contributed by atoms with Gasteiger partial charge in [-0.15, -0.1) is 0 Å². The van der Waals surface area contributed by atoms with Gasteiger partial charge in [-0.25, -0.2) is 0 Å². The van der Waals surface area contributed by atoms with Gasteiger partial charge in [0.15, 0.2) is 0 Å². The van der Waals surface area contributed by atoms with Crippen LogP contribution in [0.1, 0.15) is 19.4 Å². The van der Waals surface area contributed by atoms with E-state index in [1.165, 1.54) is 0 Å². The summed E-state index contributed by atoms with van der Waals surface area (Å²) in [4.78, 5) is 22.8. The minimum atomic E-state index is -0.218. The molecule has 92 valence electrons. The van der Waals surface area contributed by atoms with Crippen molar-refractivity contribution >= 4 is 17.5 Å². The van der Waals surface area contributed by atoms with Crippen LogP contribution in [-0.4, -0.2) is 18.4 Å². The van der Waals surface area contributed by atoms with Crippen LogP contribution in [0.3, 0.4) is 0 Å². The van der Waals surface area contributed by atoms with Gasteiger partial charge in [0.1, 0.15) is 0 Å². The van der Waals surface area contributed by atoms with Gasteiger partial charge in [0.2, 0.25) is 11.8 Å². The van der Waals surface area contributed by atoms with Crippen LogP contribution in [0.4, 0.5) is 5.69 Å². The molecule has 0 radical (unpaired) electrons. The van der Waals surface area contributed by atoms with Crippen LogP contribution in [0.2, 0.25) is 0 Å². The van der Waals surface area contributed by atoms with Gasteiger partial charge in [-0.3, -0.25) is 9.59 Å².